The Morgan fingerprint density at radius 2 is 2.12 bits per heavy atom. The van der Waals surface area contributed by atoms with Crippen LogP contribution in [0.2, 0.25) is 0 Å². The van der Waals surface area contributed by atoms with Gasteiger partial charge in [0.1, 0.15) is 0 Å². The van der Waals surface area contributed by atoms with Crippen molar-refractivity contribution in [2.24, 2.45) is 17.8 Å². The molecule has 17 heavy (non-hydrogen) atoms. The average molecular weight is 230 g/mol. The maximum Gasteiger partial charge on any atom is 0.250 e. The van der Waals surface area contributed by atoms with E-state index in [1.807, 2.05) is 10.6 Å². The lowest BCUT2D eigenvalue weighted by Gasteiger charge is -2.65. The first-order chi connectivity index (χ1) is 8.18. The highest BCUT2D eigenvalue weighted by Crippen LogP contribution is 2.57. The van der Waals surface area contributed by atoms with E-state index in [4.69, 9.17) is 0 Å². The molecule has 1 aromatic rings. The third-order valence-electron chi connectivity index (χ3n) is 5.39. The van der Waals surface area contributed by atoms with Crippen molar-refractivity contribution in [2.45, 2.75) is 25.4 Å². The zero-order valence-corrected chi connectivity index (χ0v) is 10.3. The van der Waals surface area contributed by atoms with Crippen LogP contribution in [0.3, 0.4) is 0 Å². The number of fused-ring (bicyclic) bond motifs is 2. The molecule has 90 valence electrons. The Bertz CT molecular complexity index is 531. The van der Waals surface area contributed by atoms with E-state index in [-0.39, 0.29) is 5.56 Å². The summed E-state index contributed by atoms with van der Waals surface area (Å²) in [7, 11) is 2.24. The van der Waals surface area contributed by atoms with Crippen LogP contribution in [-0.2, 0) is 6.54 Å². The van der Waals surface area contributed by atoms with E-state index < -0.39 is 0 Å². The highest BCUT2D eigenvalue weighted by atomic mass is 16.1. The number of nitrogens with zero attached hydrogens (tertiary/aromatic N) is 2. The average Bonchev–Trinajstić information content (AvgIpc) is 2.29. The van der Waals surface area contributed by atoms with Crippen LogP contribution in [0, 0.1) is 17.8 Å². The molecule has 1 saturated carbocycles. The molecular weight excluding hydrogens is 212 g/mol. The molecule has 3 heteroatoms. The molecule has 3 nitrogen and oxygen atoms in total. The SMILES string of the molecule is CC1C2[C@H]3Cn4c(cccc4=O)[C@@H](CN2C)[C@@H]13. The Balaban J connectivity index is 1.90. The summed E-state index contributed by atoms with van der Waals surface area (Å²) in [4.78, 5) is 14.4. The van der Waals surface area contributed by atoms with E-state index in [2.05, 4.69) is 24.9 Å². The van der Waals surface area contributed by atoms with E-state index in [0.717, 1.165) is 24.9 Å². The van der Waals surface area contributed by atoms with E-state index in [0.29, 0.717) is 17.9 Å². The zero-order valence-electron chi connectivity index (χ0n) is 10.3. The molecule has 2 saturated heterocycles. The number of hydrogen-bond acceptors (Lipinski definition) is 2. The number of hydrogen-bond donors (Lipinski definition) is 0. The van der Waals surface area contributed by atoms with Gasteiger partial charge in [0, 0.05) is 36.8 Å². The van der Waals surface area contributed by atoms with Crippen molar-refractivity contribution in [2.75, 3.05) is 13.6 Å². The standard InChI is InChI=1S/C14H18N2O/c1-8-13-9-6-15(2)14(8)10(13)7-16-11(9)4-3-5-12(16)17/h3-5,8-10,13-14H,6-7H2,1-2H3/t8?,9-,10+,13-,14?/m1/s1. The van der Waals surface area contributed by atoms with E-state index in [9.17, 15) is 4.79 Å². The topological polar surface area (TPSA) is 25.2 Å². The van der Waals surface area contributed by atoms with E-state index in [1.165, 1.54) is 5.69 Å². The second kappa shape index (κ2) is 3.02. The minimum absolute atomic E-state index is 0.189. The lowest BCUT2D eigenvalue weighted by molar-refractivity contribution is -0.132. The Labute approximate surface area is 101 Å². The smallest absolute Gasteiger partial charge is 0.250 e. The lowest BCUT2D eigenvalue weighted by Crippen LogP contribution is -2.69. The molecule has 0 radical (unpaired) electrons. The molecule has 2 unspecified atom stereocenters. The van der Waals surface area contributed by atoms with Gasteiger partial charge in [0.05, 0.1) is 0 Å². The quantitative estimate of drug-likeness (QED) is 0.668. The summed E-state index contributed by atoms with van der Waals surface area (Å²) in [5.41, 5.74) is 1.46. The molecular formula is C14H18N2O. The molecule has 1 aromatic heterocycles. The third kappa shape index (κ3) is 1.04. The predicted octanol–water partition coefficient (Wildman–Crippen LogP) is 1.14. The molecule has 1 aliphatic carbocycles. The van der Waals surface area contributed by atoms with Crippen LogP contribution >= 0.6 is 0 Å². The van der Waals surface area contributed by atoms with Crippen molar-refractivity contribution in [3.8, 4) is 0 Å². The Hall–Kier alpha value is -1.09. The van der Waals surface area contributed by atoms with Crippen molar-refractivity contribution < 1.29 is 0 Å². The molecule has 3 fully saturated rings. The summed E-state index contributed by atoms with van der Waals surface area (Å²) in [6, 6.07) is 6.48. The fourth-order valence-electron chi connectivity index (χ4n) is 4.82. The molecule has 4 heterocycles. The monoisotopic (exact) mass is 230 g/mol. The van der Waals surface area contributed by atoms with Crippen molar-refractivity contribution in [3.05, 3.63) is 34.2 Å². The normalized spacial score (nSPS) is 42.8. The molecule has 0 spiro atoms. The third-order valence-corrected chi connectivity index (χ3v) is 5.39. The second-order valence-electron chi connectivity index (χ2n) is 6.04. The van der Waals surface area contributed by atoms with Crippen LogP contribution in [0.15, 0.2) is 23.0 Å². The van der Waals surface area contributed by atoms with E-state index in [1.54, 1.807) is 6.07 Å². The summed E-state index contributed by atoms with van der Waals surface area (Å²) >= 11 is 0. The second-order valence-corrected chi connectivity index (χ2v) is 6.04. The maximum absolute atomic E-state index is 11.9. The van der Waals surface area contributed by atoms with Crippen LogP contribution in [0.25, 0.3) is 0 Å². The molecule has 0 aromatic carbocycles. The van der Waals surface area contributed by atoms with Gasteiger partial charge in [0.15, 0.2) is 0 Å². The summed E-state index contributed by atoms with van der Waals surface area (Å²) in [5.74, 6) is 2.90. The zero-order chi connectivity index (χ0) is 11.7. The first-order valence-corrected chi connectivity index (χ1v) is 6.58. The highest BCUT2D eigenvalue weighted by Gasteiger charge is 2.59. The van der Waals surface area contributed by atoms with Crippen LogP contribution in [-0.4, -0.2) is 29.1 Å². The number of pyridine rings is 1. The van der Waals surface area contributed by atoms with Crippen LogP contribution in [0.1, 0.15) is 18.5 Å². The minimum Gasteiger partial charge on any atom is -0.312 e. The van der Waals surface area contributed by atoms with Crippen LogP contribution in [0.4, 0.5) is 0 Å². The molecule has 5 atom stereocenters. The van der Waals surface area contributed by atoms with Gasteiger partial charge in [-0.1, -0.05) is 13.0 Å². The summed E-state index contributed by atoms with van der Waals surface area (Å²) in [5, 5.41) is 0. The van der Waals surface area contributed by atoms with Crippen molar-refractivity contribution in [3.63, 3.8) is 0 Å². The van der Waals surface area contributed by atoms with Crippen molar-refractivity contribution in [1.29, 1.82) is 0 Å². The van der Waals surface area contributed by atoms with Gasteiger partial charge in [0.25, 0.3) is 5.56 Å². The van der Waals surface area contributed by atoms with Crippen molar-refractivity contribution >= 4 is 0 Å². The molecule has 3 aliphatic heterocycles. The van der Waals surface area contributed by atoms with Gasteiger partial charge in [-0.05, 0) is 30.9 Å². The van der Waals surface area contributed by atoms with Gasteiger partial charge in [-0.2, -0.15) is 0 Å². The molecule has 5 rings (SSSR count). The maximum atomic E-state index is 11.9. The largest absolute Gasteiger partial charge is 0.312 e. The van der Waals surface area contributed by atoms with E-state index >= 15 is 0 Å². The minimum atomic E-state index is 0.189. The highest BCUT2D eigenvalue weighted by molar-refractivity contribution is 5.25. The van der Waals surface area contributed by atoms with Gasteiger partial charge in [-0.15, -0.1) is 0 Å². The van der Waals surface area contributed by atoms with Crippen molar-refractivity contribution in [1.82, 2.24) is 9.47 Å². The van der Waals surface area contributed by atoms with Gasteiger partial charge in [-0.25, -0.2) is 0 Å². The first-order valence-electron chi connectivity index (χ1n) is 6.58. The summed E-state index contributed by atoms with van der Waals surface area (Å²) < 4.78 is 2.03. The Morgan fingerprint density at radius 1 is 1.29 bits per heavy atom. The molecule has 4 aliphatic rings. The molecule has 0 N–H and O–H groups in total. The summed E-state index contributed by atoms with van der Waals surface area (Å²) in [6.45, 7) is 4.44. The van der Waals surface area contributed by atoms with Gasteiger partial charge in [0.2, 0.25) is 0 Å². The number of piperidine rings is 2. The van der Waals surface area contributed by atoms with Gasteiger partial charge in [-0.3, -0.25) is 4.79 Å². The first kappa shape index (κ1) is 9.89. The van der Waals surface area contributed by atoms with Gasteiger partial charge >= 0.3 is 0 Å². The van der Waals surface area contributed by atoms with Crippen LogP contribution in [0.5, 0.6) is 0 Å². The van der Waals surface area contributed by atoms with Gasteiger partial charge < -0.3 is 9.47 Å². The lowest BCUT2D eigenvalue weighted by atomic mass is 9.51. The fraction of sp³-hybridized carbons (Fsp3) is 0.643. The number of rotatable bonds is 0. The number of aromatic nitrogens is 1. The fourth-order valence-corrected chi connectivity index (χ4v) is 4.82. The number of likely N-dealkylation sites (N-methyl/N-ethyl adjacent to an activating group) is 1. The van der Waals surface area contributed by atoms with Crippen LogP contribution < -0.4 is 5.56 Å². The molecule has 0 amide bonds. The summed E-state index contributed by atoms with van der Waals surface area (Å²) in [6.07, 6.45) is 0. The predicted molar refractivity (Wildman–Crippen MR) is 66.0 cm³/mol. The molecule has 4 bridgehead atoms. The Morgan fingerprint density at radius 3 is 2.88 bits per heavy atom. The Kier molecular flexibility index (Phi) is 1.76.